The third-order valence-electron chi connectivity index (χ3n) is 4.41. The van der Waals surface area contributed by atoms with Crippen molar-refractivity contribution in [2.75, 3.05) is 23.7 Å². The zero-order valence-electron chi connectivity index (χ0n) is 15.7. The lowest BCUT2D eigenvalue weighted by atomic mass is 10.2. The molecule has 4 rings (SSSR count). The molecule has 0 aliphatic heterocycles. The highest BCUT2D eigenvalue weighted by Gasteiger charge is 2.13. The van der Waals surface area contributed by atoms with Crippen LogP contribution in [0.25, 0.3) is 22.3 Å². The fourth-order valence-corrected chi connectivity index (χ4v) is 3.33. The molecule has 0 fully saturated rings. The van der Waals surface area contributed by atoms with E-state index in [1.54, 1.807) is 18.2 Å². The van der Waals surface area contributed by atoms with Crippen molar-refractivity contribution in [1.29, 1.82) is 5.26 Å². The summed E-state index contributed by atoms with van der Waals surface area (Å²) >= 11 is 12.5. The van der Waals surface area contributed by atoms with Crippen molar-refractivity contribution >= 4 is 45.7 Å². The van der Waals surface area contributed by atoms with Crippen LogP contribution in [0.4, 0.5) is 11.6 Å². The number of nitrogens with one attached hydrogen (secondary N) is 2. The summed E-state index contributed by atoms with van der Waals surface area (Å²) in [5, 5.41) is 17.2. The van der Waals surface area contributed by atoms with Crippen molar-refractivity contribution < 1.29 is 0 Å². The predicted molar refractivity (Wildman–Crippen MR) is 121 cm³/mol. The van der Waals surface area contributed by atoms with Crippen molar-refractivity contribution in [2.24, 2.45) is 0 Å². The Morgan fingerprint density at radius 3 is 2.53 bits per heavy atom. The molecule has 8 heteroatoms. The summed E-state index contributed by atoms with van der Waals surface area (Å²) in [6, 6.07) is 18.7. The van der Waals surface area contributed by atoms with Crippen LogP contribution in [-0.2, 0) is 0 Å². The van der Waals surface area contributed by atoms with E-state index >= 15 is 0 Å². The molecule has 0 unspecified atom stereocenters. The first-order valence-corrected chi connectivity index (χ1v) is 9.96. The van der Waals surface area contributed by atoms with Gasteiger partial charge < -0.3 is 10.6 Å². The maximum absolute atomic E-state index is 8.84. The zero-order valence-corrected chi connectivity index (χ0v) is 17.2. The molecule has 0 spiro atoms. The lowest BCUT2D eigenvalue weighted by Crippen LogP contribution is -2.15. The molecule has 0 amide bonds. The van der Waals surface area contributed by atoms with Crippen LogP contribution in [0.5, 0.6) is 0 Å². The third kappa shape index (κ3) is 4.28. The predicted octanol–water partition coefficient (Wildman–Crippen LogP) is 5.39. The van der Waals surface area contributed by atoms with Crippen molar-refractivity contribution in [2.45, 2.75) is 0 Å². The van der Waals surface area contributed by atoms with Crippen molar-refractivity contribution in [1.82, 2.24) is 15.0 Å². The van der Waals surface area contributed by atoms with Gasteiger partial charge >= 0.3 is 0 Å². The van der Waals surface area contributed by atoms with E-state index in [-0.39, 0.29) is 0 Å². The standard InChI is InChI=1S/C22H16Cl2N6/c23-17-6-3-5-16(20(17)24)22-29-18-7-2-1-4-15(18)21(30-22)27-11-10-26-19-9-8-14(12-25)13-28-19/h1-9,13H,10-11H2,(H,26,28)(H,27,29,30). The van der Waals surface area contributed by atoms with Gasteiger partial charge in [-0.15, -0.1) is 0 Å². The van der Waals surface area contributed by atoms with E-state index in [1.807, 2.05) is 36.4 Å². The molecule has 6 nitrogen and oxygen atoms in total. The van der Waals surface area contributed by atoms with Gasteiger partial charge in [0.25, 0.3) is 0 Å². The fraction of sp³-hybridized carbons (Fsp3) is 0.0909. The summed E-state index contributed by atoms with van der Waals surface area (Å²) in [5.74, 6) is 1.92. The zero-order chi connectivity index (χ0) is 20.9. The van der Waals surface area contributed by atoms with Crippen LogP contribution in [0.2, 0.25) is 10.0 Å². The molecule has 0 saturated carbocycles. The van der Waals surface area contributed by atoms with Crippen LogP contribution in [-0.4, -0.2) is 28.0 Å². The number of nitrogens with zero attached hydrogens (tertiary/aromatic N) is 4. The van der Waals surface area contributed by atoms with Crippen molar-refractivity contribution in [3.63, 3.8) is 0 Å². The maximum atomic E-state index is 8.84. The SMILES string of the molecule is N#Cc1ccc(NCCNc2nc(-c3cccc(Cl)c3Cl)nc3ccccc23)nc1. The van der Waals surface area contributed by atoms with Gasteiger partial charge in [-0.3, -0.25) is 0 Å². The Balaban J connectivity index is 1.55. The number of hydrogen-bond acceptors (Lipinski definition) is 6. The van der Waals surface area contributed by atoms with E-state index in [0.29, 0.717) is 51.7 Å². The highest BCUT2D eigenvalue weighted by Crippen LogP contribution is 2.33. The molecule has 2 aromatic heterocycles. The number of hydrogen-bond donors (Lipinski definition) is 2. The summed E-state index contributed by atoms with van der Waals surface area (Å²) in [7, 11) is 0. The Kier molecular flexibility index (Phi) is 5.94. The number of pyridine rings is 1. The number of para-hydroxylation sites is 1. The second-order valence-corrected chi connectivity index (χ2v) is 7.20. The molecular weight excluding hydrogens is 419 g/mol. The number of anilines is 2. The van der Waals surface area contributed by atoms with Gasteiger partial charge in [-0.1, -0.05) is 41.4 Å². The number of rotatable bonds is 6. The van der Waals surface area contributed by atoms with Gasteiger partial charge in [-0.05, 0) is 36.4 Å². The first-order chi connectivity index (χ1) is 14.7. The topological polar surface area (TPSA) is 86.5 Å². The summed E-state index contributed by atoms with van der Waals surface area (Å²) in [5.41, 5.74) is 2.01. The Labute approximate surface area is 183 Å². The maximum Gasteiger partial charge on any atom is 0.163 e. The quantitative estimate of drug-likeness (QED) is 0.395. The number of halogens is 2. The lowest BCUT2D eigenvalue weighted by molar-refractivity contribution is 1.04. The van der Waals surface area contributed by atoms with E-state index in [2.05, 4.69) is 26.7 Å². The molecule has 4 aromatic rings. The van der Waals surface area contributed by atoms with Crippen LogP contribution < -0.4 is 10.6 Å². The molecule has 30 heavy (non-hydrogen) atoms. The molecule has 148 valence electrons. The summed E-state index contributed by atoms with van der Waals surface area (Å²) in [6.07, 6.45) is 1.54. The minimum atomic E-state index is 0.425. The van der Waals surface area contributed by atoms with Crippen LogP contribution in [0.15, 0.2) is 60.8 Å². The Bertz CT molecular complexity index is 1230. The minimum absolute atomic E-state index is 0.425. The largest absolute Gasteiger partial charge is 0.368 e. The highest BCUT2D eigenvalue weighted by molar-refractivity contribution is 6.43. The van der Waals surface area contributed by atoms with Gasteiger partial charge in [-0.25, -0.2) is 15.0 Å². The Morgan fingerprint density at radius 1 is 0.900 bits per heavy atom. The Morgan fingerprint density at radius 2 is 1.73 bits per heavy atom. The summed E-state index contributed by atoms with van der Waals surface area (Å²) in [6.45, 7) is 1.22. The summed E-state index contributed by atoms with van der Waals surface area (Å²) in [4.78, 5) is 13.6. The number of nitriles is 1. The van der Waals surface area contributed by atoms with Crippen LogP contribution in [0.1, 0.15) is 5.56 Å². The number of benzene rings is 2. The van der Waals surface area contributed by atoms with Crippen molar-refractivity contribution in [3.05, 3.63) is 76.4 Å². The van der Waals surface area contributed by atoms with Crippen LogP contribution >= 0.6 is 23.2 Å². The minimum Gasteiger partial charge on any atom is -0.368 e. The van der Waals surface area contributed by atoms with Crippen LogP contribution in [0, 0.1) is 11.3 Å². The molecular formula is C22H16Cl2N6. The number of aromatic nitrogens is 3. The number of fused-ring (bicyclic) bond motifs is 1. The molecule has 2 heterocycles. The van der Waals surface area contributed by atoms with Gasteiger partial charge in [0.05, 0.1) is 21.1 Å². The van der Waals surface area contributed by atoms with E-state index in [4.69, 9.17) is 33.4 Å². The molecule has 2 N–H and O–H groups in total. The van der Waals surface area contributed by atoms with E-state index in [1.165, 1.54) is 6.20 Å². The second kappa shape index (κ2) is 8.95. The average Bonchev–Trinajstić information content (AvgIpc) is 2.78. The van der Waals surface area contributed by atoms with Gasteiger partial charge in [0.2, 0.25) is 0 Å². The molecule has 0 saturated heterocycles. The molecule has 2 aromatic carbocycles. The van der Waals surface area contributed by atoms with Crippen molar-refractivity contribution in [3.8, 4) is 17.5 Å². The highest BCUT2D eigenvalue weighted by atomic mass is 35.5. The van der Waals surface area contributed by atoms with Gasteiger partial charge in [0.1, 0.15) is 17.7 Å². The summed E-state index contributed by atoms with van der Waals surface area (Å²) < 4.78 is 0. The molecule has 0 aliphatic carbocycles. The Hall–Kier alpha value is -3.40. The molecule has 0 atom stereocenters. The monoisotopic (exact) mass is 434 g/mol. The first-order valence-electron chi connectivity index (χ1n) is 9.21. The molecule has 0 aliphatic rings. The normalized spacial score (nSPS) is 10.6. The van der Waals surface area contributed by atoms with E-state index in [0.717, 1.165) is 10.9 Å². The first kappa shape index (κ1) is 19.9. The smallest absolute Gasteiger partial charge is 0.163 e. The average molecular weight is 435 g/mol. The van der Waals surface area contributed by atoms with Gasteiger partial charge in [0.15, 0.2) is 5.82 Å². The molecule has 0 radical (unpaired) electrons. The second-order valence-electron chi connectivity index (χ2n) is 6.41. The van der Waals surface area contributed by atoms with Gasteiger partial charge in [-0.2, -0.15) is 5.26 Å². The third-order valence-corrected chi connectivity index (χ3v) is 5.23. The van der Waals surface area contributed by atoms with E-state index in [9.17, 15) is 0 Å². The van der Waals surface area contributed by atoms with Crippen LogP contribution in [0.3, 0.4) is 0 Å². The van der Waals surface area contributed by atoms with Gasteiger partial charge in [0, 0.05) is 30.2 Å². The lowest BCUT2D eigenvalue weighted by Gasteiger charge is -2.12. The van der Waals surface area contributed by atoms with E-state index < -0.39 is 0 Å². The fourth-order valence-electron chi connectivity index (χ4n) is 2.94. The molecule has 0 bridgehead atoms.